The van der Waals surface area contributed by atoms with Gasteiger partial charge in [0.2, 0.25) is 5.78 Å². The maximum atomic E-state index is 13.2. The predicted molar refractivity (Wildman–Crippen MR) is 127 cm³/mol. The summed E-state index contributed by atoms with van der Waals surface area (Å²) >= 11 is 0. The summed E-state index contributed by atoms with van der Waals surface area (Å²) in [5.41, 5.74) is 7.04. The smallest absolute Gasteiger partial charge is 0.206 e. The molecule has 2 aliphatic heterocycles. The quantitative estimate of drug-likeness (QED) is 0.685. The van der Waals surface area contributed by atoms with Crippen LogP contribution in [0.25, 0.3) is 5.70 Å². The summed E-state index contributed by atoms with van der Waals surface area (Å²) in [5, 5.41) is 0. The number of carbonyl (C=O) groups excluding carboxylic acids is 1. The fraction of sp³-hybridized carbons (Fsp3) is 0.333. The number of likely N-dealkylation sites (N-methyl/N-ethyl adjacent to an activating group) is 1. The van der Waals surface area contributed by atoms with E-state index in [1.54, 1.807) is 6.08 Å². The van der Waals surface area contributed by atoms with Crippen molar-refractivity contribution in [2.75, 3.05) is 25.0 Å². The van der Waals surface area contributed by atoms with Crippen molar-refractivity contribution in [2.45, 2.75) is 38.5 Å². The fourth-order valence-electron chi connectivity index (χ4n) is 5.20. The number of ketones is 1. The first-order valence-electron chi connectivity index (χ1n) is 11.2. The predicted octanol–water partition coefficient (Wildman–Crippen LogP) is 5.15. The summed E-state index contributed by atoms with van der Waals surface area (Å²) in [5.74, 6) is -0.00732. The van der Waals surface area contributed by atoms with Crippen molar-refractivity contribution in [1.29, 1.82) is 0 Å². The molecule has 2 aromatic carbocycles. The van der Waals surface area contributed by atoms with Crippen LogP contribution in [-0.4, -0.2) is 36.5 Å². The minimum atomic E-state index is -0.165. The van der Waals surface area contributed by atoms with Crippen molar-refractivity contribution < 1.29 is 4.79 Å². The van der Waals surface area contributed by atoms with E-state index in [4.69, 9.17) is 4.99 Å². The number of fused-ring (bicyclic) bond motifs is 2. The van der Waals surface area contributed by atoms with Crippen LogP contribution in [0.3, 0.4) is 0 Å². The second-order valence-corrected chi connectivity index (χ2v) is 9.18. The zero-order chi connectivity index (χ0) is 21.6. The van der Waals surface area contributed by atoms with E-state index in [1.165, 1.54) is 30.5 Å². The summed E-state index contributed by atoms with van der Waals surface area (Å²) in [6, 6.07) is 16.6. The number of anilines is 1. The lowest BCUT2D eigenvalue weighted by atomic mass is 9.84. The lowest BCUT2D eigenvalue weighted by molar-refractivity contribution is -0.108. The highest BCUT2D eigenvalue weighted by Gasteiger charge is 2.38. The van der Waals surface area contributed by atoms with E-state index in [2.05, 4.69) is 61.0 Å². The molecule has 3 aliphatic rings. The summed E-state index contributed by atoms with van der Waals surface area (Å²) in [6.45, 7) is 6.46. The average Bonchev–Trinajstić information content (AvgIpc) is 2.99. The number of rotatable bonds is 2. The second kappa shape index (κ2) is 7.52. The number of allylic oxidation sites excluding steroid dienone is 2. The van der Waals surface area contributed by atoms with Crippen LogP contribution >= 0.6 is 0 Å². The van der Waals surface area contributed by atoms with Gasteiger partial charge >= 0.3 is 0 Å². The molecule has 0 N–H and O–H groups in total. The van der Waals surface area contributed by atoms with Gasteiger partial charge in [-0.2, -0.15) is 0 Å². The molecule has 0 radical (unpaired) electrons. The number of aliphatic imine (C=N–C) groups is 1. The number of piperidine rings is 1. The van der Waals surface area contributed by atoms with Gasteiger partial charge in [0.05, 0.1) is 0 Å². The first kappa shape index (κ1) is 19.8. The van der Waals surface area contributed by atoms with Gasteiger partial charge in [-0.1, -0.05) is 56.3 Å². The Hall–Kier alpha value is -3.14. The van der Waals surface area contributed by atoms with E-state index in [9.17, 15) is 4.79 Å². The highest BCUT2D eigenvalue weighted by atomic mass is 16.1. The maximum Gasteiger partial charge on any atom is 0.206 e. The fourth-order valence-corrected chi connectivity index (χ4v) is 5.20. The summed E-state index contributed by atoms with van der Waals surface area (Å²) in [7, 11) is 2.07. The van der Waals surface area contributed by atoms with E-state index in [-0.39, 0.29) is 11.2 Å². The Kier molecular flexibility index (Phi) is 4.81. The standard InChI is InChI=1S/C27H29N3O/c1-27(2)21-13-7-8-14-22(21)29(3)25(27)18-28-26-20-12-6-5-11-19(20)23(17-24(26)31)30-15-9-4-10-16-30/h5-8,11-14,17-18H,4,9-10,15-16H2,1-3H3/b25-18-,28-26?. The minimum absolute atomic E-state index is 0.00732. The van der Waals surface area contributed by atoms with E-state index in [1.807, 2.05) is 24.4 Å². The third-order valence-electron chi connectivity index (χ3n) is 6.91. The molecular formula is C27H29N3O. The Labute approximate surface area is 184 Å². The average molecular weight is 412 g/mol. The van der Waals surface area contributed by atoms with Crippen LogP contribution in [0.4, 0.5) is 5.69 Å². The Morgan fingerprint density at radius 1 is 0.935 bits per heavy atom. The van der Waals surface area contributed by atoms with Crippen molar-refractivity contribution in [3.63, 3.8) is 0 Å². The zero-order valence-corrected chi connectivity index (χ0v) is 18.6. The highest BCUT2D eigenvalue weighted by Crippen LogP contribution is 2.46. The van der Waals surface area contributed by atoms with Gasteiger partial charge in [0.1, 0.15) is 5.71 Å². The summed E-state index contributed by atoms with van der Waals surface area (Å²) < 4.78 is 0. The Morgan fingerprint density at radius 3 is 2.35 bits per heavy atom. The van der Waals surface area contributed by atoms with E-state index in [0.29, 0.717) is 5.71 Å². The minimum Gasteiger partial charge on any atom is -0.371 e. The summed E-state index contributed by atoms with van der Waals surface area (Å²) in [4.78, 5) is 22.5. The van der Waals surface area contributed by atoms with Crippen LogP contribution < -0.4 is 4.90 Å². The van der Waals surface area contributed by atoms with E-state index >= 15 is 0 Å². The monoisotopic (exact) mass is 411 g/mol. The molecule has 0 aromatic heterocycles. The van der Waals surface area contributed by atoms with Gasteiger partial charge in [0, 0.05) is 66.0 Å². The van der Waals surface area contributed by atoms with Gasteiger partial charge in [-0.3, -0.25) is 9.79 Å². The molecule has 0 bridgehead atoms. The van der Waals surface area contributed by atoms with Gasteiger partial charge in [-0.15, -0.1) is 0 Å². The largest absolute Gasteiger partial charge is 0.371 e. The third kappa shape index (κ3) is 3.21. The molecule has 0 atom stereocenters. The molecule has 0 spiro atoms. The normalized spacial score (nSPS) is 22.5. The van der Waals surface area contributed by atoms with E-state index < -0.39 is 0 Å². The van der Waals surface area contributed by atoms with Crippen LogP contribution in [0.1, 0.15) is 49.8 Å². The number of likely N-dealkylation sites (tertiary alicyclic amines) is 1. The number of benzene rings is 2. The topological polar surface area (TPSA) is 35.9 Å². The number of carbonyl (C=O) groups is 1. The molecule has 5 rings (SSSR count). The van der Waals surface area contributed by atoms with E-state index in [0.717, 1.165) is 35.6 Å². The second-order valence-electron chi connectivity index (χ2n) is 9.18. The van der Waals surface area contributed by atoms with Crippen LogP contribution in [0.5, 0.6) is 0 Å². The lowest BCUT2D eigenvalue weighted by Crippen LogP contribution is -2.32. The molecular weight excluding hydrogens is 382 g/mol. The van der Waals surface area contributed by atoms with Gasteiger partial charge in [0.25, 0.3) is 0 Å². The molecule has 1 aliphatic carbocycles. The maximum absolute atomic E-state index is 13.2. The number of nitrogens with zero attached hydrogens (tertiary/aromatic N) is 3. The van der Waals surface area contributed by atoms with Gasteiger partial charge in [-0.25, -0.2) is 0 Å². The Morgan fingerprint density at radius 2 is 1.61 bits per heavy atom. The molecule has 1 fully saturated rings. The zero-order valence-electron chi connectivity index (χ0n) is 18.6. The van der Waals surface area contributed by atoms with Crippen molar-refractivity contribution in [3.8, 4) is 0 Å². The molecule has 2 heterocycles. The molecule has 4 nitrogen and oxygen atoms in total. The lowest BCUT2D eigenvalue weighted by Gasteiger charge is -2.33. The molecule has 31 heavy (non-hydrogen) atoms. The van der Waals surface area contributed by atoms with Gasteiger partial charge in [-0.05, 0) is 30.9 Å². The van der Waals surface area contributed by atoms with Crippen LogP contribution in [0.15, 0.2) is 71.5 Å². The first-order chi connectivity index (χ1) is 15.0. The van der Waals surface area contributed by atoms with Crippen LogP contribution in [-0.2, 0) is 10.2 Å². The number of para-hydroxylation sites is 1. The first-order valence-corrected chi connectivity index (χ1v) is 11.2. The van der Waals surface area contributed by atoms with Crippen LogP contribution in [0.2, 0.25) is 0 Å². The molecule has 0 amide bonds. The van der Waals surface area contributed by atoms with Crippen molar-refractivity contribution >= 4 is 22.9 Å². The summed E-state index contributed by atoms with van der Waals surface area (Å²) in [6.07, 6.45) is 7.32. The number of hydrogen-bond donors (Lipinski definition) is 0. The van der Waals surface area contributed by atoms with Crippen LogP contribution in [0, 0.1) is 0 Å². The Bertz CT molecular complexity index is 1130. The molecule has 0 unspecified atom stereocenters. The molecule has 2 aromatic rings. The van der Waals surface area contributed by atoms with Crippen molar-refractivity contribution in [3.05, 3.63) is 83.2 Å². The van der Waals surface area contributed by atoms with Crippen molar-refractivity contribution in [2.24, 2.45) is 4.99 Å². The van der Waals surface area contributed by atoms with Crippen molar-refractivity contribution in [1.82, 2.24) is 4.90 Å². The molecule has 4 heteroatoms. The SMILES string of the molecule is CN1/C(=C\N=C2C(=O)C=C(N3CCCCC3)c3ccccc32)C(C)(C)c2ccccc21. The van der Waals surface area contributed by atoms with Gasteiger partial charge < -0.3 is 9.80 Å². The third-order valence-corrected chi connectivity index (χ3v) is 6.91. The molecule has 1 saturated heterocycles. The highest BCUT2D eigenvalue weighted by molar-refractivity contribution is 6.52. The molecule has 158 valence electrons. The van der Waals surface area contributed by atoms with Gasteiger partial charge in [0.15, 0.2) is 0 Å². The number of hydrogen-bond acceptors (Lipinski definition) is 4. The Balaban J connectivity index is 1.56. The molecule has 0 saturated carbocycles.